The van der Waals surface area contributed by atoms with E-state index in [1.54, 1.807) is 0 Å². The molecule has 2 unspecified atom stereocenters. The maximum absolute atomic E-state index is 4.37. The van der Waals surface area contributed by atoms with Crippen LogP contribution in [0.4, 0.5) is 0 Å². The van der Waals surface area contributed by atoms with Crippen molar-refractivity contribution in [2.24, 2.45) is 11.8 Å². The van der Waals surface area contributed by atoms with Crippen LogP contribution in [0.2, 0.25) is 0 Å². The molecule has 0 spiro atoms. The van der Waals surface area contributed by atoms with Gasteiger partial charge < -0.3 is 5.32 Å². The Hall–Kier alpha value is -0.410. The summed E-state index contributed by atoms with van der Waals surface area (Å²) in [5.41, 5.74) is 1.12. The molecular weight excluding hydrogens is 276 g/mol. The number of hydrogen-bond acceptors (Lipinski definition) is 2. The molecule has 2 atom stereocenters. The molecule has 1 aliphatic rings. The summed E-state index contributed by atoms with van der Waals surface area (Å²) in [7, 11) is 0. The molecule has 1 aromatic heterocycles. The Kier molecular flexibility index (Phi) is 4.99. The van der Waals surface area contributed by atoms with Gasteiger partial charge in [0.05, 0.1) is 5.69 Å². The van der Waals surface area contributed by atoms with Crippen molar-refractivity contribution in [1.82, 2.24) is 10.3 Å². The second kappa shape index (κ2) is 6.50. The van der Waals surface area contributed by atoms with Gasteiger partial charge in [0, 0.05) is 17.2 Å². The van der Waals surface area contributed by atoms with Crippen molar-refractivity contribution < 1.29 is 0 Å². The minimum absolute atomic E-state index is 0.870. The van der Waals surface area contributed by atoms with Crippen LogP contribution in [0.1, 0.15) is 38.3 Å². The summed E-state index contributed by atoms with van der Waals surface area (Å²) >= 11 is 3.40. The van der Waals surface area contributed by atoms with Crippen molar-refractivity contribution >= 4 is 15.9 Å². The molecule has 17 heavy (non-hydrogen) atoms. The van der Waals surface area contributed by atoms with E-state index in [0.29, 0.717) is 0 Å². The Labute approximate surface area is 112 Å². The number of nitrogens with zero attached hydrogens (tertiary/aromatic N) is 1. The maximum Gasteiger partial charge on any atom is 0.0542 e. The van der Waals surface area contributed by atoms with Crippen LogP contribution in [0.5, 0.6) is 0 Å². The third kappa shape index (κ3) is 4.40. The molecule has 0 aromatic carbocycles. The Morgan fingerprint density at radius 1 is 1.41 bits per heavy atom. The molecule has 0 radical (unpaired) electrons. The molecule has 1 fully saturated rings. The molecule has 0 bridgehead atoms. The van der Waals surface area contributed by atoms with Gasteiger partial charge in [-0.2, -0.15) is 0 Å². The van der Waals surface area contributed by atoms with Crippen LogP contribution in [0.15, 0.2) is 22.8 Å². The van der Waals surface area contributed by atoms with Crippen molar-refractivity contribution in [3.63, 3.8) is 0 Å². The van der Waals surface area contributed by atoms with Gasteiger partial charge >= 0.3 is 0 Å². The number of pyridine rings is 1. The first-order valence-electron chi connectivity index (χ1n) is 6.55. The summed E-state index contributed by atoms with van der Waals surface area (Å²) in [5.74, 6) is 1.79. The summed E-state index contributed by atoms with van der Waals surface area (Å²) in [6, 6.07) is 4.12. The van der Waals surface area contributed by atoms with Gasteiger partial charge in [-0.1, -0.05) is 19.8 Å². The van der Waals surface area contributed by atoms with E-state index in [0.717, 1.165) is 35.1 Å². The van der Waals surface area contributed by atoms with Gasteiger partial charge in [0.15, 0.2) is 0 Å². The fraction of sp³-hybridized carbons (Fsp3) is 0.643. The molecule has 1 saturated carbocycles. The molecule has 1 heterocycles. The van der Waals surface area contributed by atoms with E-state index >= 15 is 0 Å². The summed E-state index contributed by atoms with van der Waals surface area (Å²) in [6.07, 6.45) is 7.47. The zero-order valence-electron chi connectivity index (χ0n) is 10.5. The van der Waals surface area contributed by atoms with Crippen LogP contribution in [0.3, 0.4) is 0 Å². The summed E-state index contributed by atoms with van der Waals surface area (Å²) in [4.78, 5) is 4.37. The molecule has 0 amide bonds. The number of nitrogens with one attached hydrogen (secondary N) is 1. The molecule has 1 aliphatic carbocycles. The lowest BCUT2D eigenvalue weighted by molar-refractivity contribution is 0.274. The van der Waals surface area contributed by atoms with Gasteiger partial charge in [0.1, 0.15) is 0 Å². The molecular formula is C14H21BrN2. The molecule has 2 rings (SSSR count). The highest BCUT2D eigenvalue weighted by Crippen LogP contribution is 2.27. The van der Waals surface area contributed by atoms with Crippen LogP contribution < -0.4 is 5.32 Å². The Morgan fingerprint density at radius 3 is 3.00 bits per heavy atom. The van der Waals surface area contributed by atoms with Crippen molar-refractivity contribution in [2.75, 3.05) is 6.54 Å². The smallest absolute Gasteiger partial charge is 0.0542 e. The van der Waals surface area contributed by atoms with E-state index < -0.39 is 0 Å². The van der Waals surface area contributed by atoms with Crippen molar-refractivity contribution in [2.45, 2.75) is 39.2 Å². The van der Waals surface area contributed by atoms with Crippen LogP contribution in [0.25, 0.3) is 0 Å². The van der Waals surface area contributed by atoms with Gasteiger partial charge in [0.2, 0.25) is 0 Å². The predicted octanol–water partition coefficient (Wildman–Crippen LogP) is 3.76. The lowest BCUT2D eigenvalue weighted by atomic mass is 9.82. The Bertz CT molecular complexity index is 337. The molecule has 3 heteroatoms. The highest BCUT2D eigenvalue weighted by molar-refractivity contribution is 9.10. The number of hydrogen-bond donors (Lipinski definition) is 1. The van der Waals surface area contributed by atoms with Gasteiger partial charge in [-0.05, 0) is 59.3 Å². The van der Waals surface area contributed by atoms with Crippen LogP contribution in [0, 0.1) is 11.8 Å². The average Bonchev–Trinajstić information content (AvgIpc) is 2.32. The first-order chi connectivity index (χ1) is 8.24. The molecule has 94 valence electrons. The van der Waals surface area contributed by atoms with Crippen molar-refractivity contribution in [1.29, 1.82) is 0 Å². The number of halogens is 1. The summed E-state index contributed by atoms with van der Waals surface area (Å²) < 4.78 is 1.04. The fourth-order valence-corrected chi connectivity index (χ4v) is 2.90. The second-order valence-corrected chi connectivity index (χ2v) is 6.15. The normalized spacial score (nSPS) is 24.8. The Morgan fingerprint density at radius 2 is 2.29 bits per heavy atom. The van der Waals surface area contributed by atoms with Gasteiger partial charge in [-0.15, -0.1) is 0 Å². The minimum Gasteiger partial charge on any atom is -0.311 e. The first kappa shape index (κ1) is 13.0. The average molecular weight is 297 g/mol. The third-order valence-corrected chi connectivity index (χ3v) is 4.04. The van der Waals surface area contributed by atoms with Crippen molar-refractivity contribution in [3.05, 3.63) is 28.5 Å². The lowest BCUT2D eigenvalue weighted by Gasteiger charge is -2.26. The van der Waals surface area contributed by atoms with Crippen LogP contribution >= 0.6 is 15.9 Å². The van der Waals surface area contributed by atoms with Gasteiger partial charge in [0.25, 0.3) is 0 Å². The minimum atomic E-state index is 0.870. The van der Waals surface area contributed by atoms with E-state index in [2.05, 4.69) is 39.2 Å². The molecule has 0 saturated heterocycles. The second-order valence-electron chi connectivity index (χ2n) is 5.24. The van der Waals surface area contributed by atoms with E-state index in [-0.39, 0.29) is 0 Å². The maximum atomic E-state index is 4.37. The summed E-state index contributed by atoms with van der Waals surface area (Å²) in [5, 5.41) is 3.53. The standard InChI is InChI=1S/C14H21BrN2/c1-11-3-2-4-12(7-11)8-16-10-14-6-5-13(15)9-17-14/h5-6,9,11-12,16H,2-4,7-8,10H2,1H3. The van der Waals surface area contributed by atoms with E-state index in [4.69, 9.17) is 0 Å². The number of aromatic nitrogens is 1. The molecule has 0 aliphatic heterocycles. The third-order valence-electron chi connectivity index (χ3n) is 3.57. The molecule has 1 aromatic rings. The molecule has 2 nitrogen and oxygen atoms in total. The van der Waals surface area contributed by atoms with Crippen molar-refractivity contribution in [3.8, 4) is 0 Å². The Balaban J connectivity index is 1.70. The zero-order chi connectivity index (χ0) is 12.1. The highest BCUT2D eigenvalue weighted by Gasteiger charge is 2.18. The van der Waals surface area contributed by atoms with E-state index in [9.17, 15) is 0 Å². The quantitative estimate of drug-likeness (QED) is 0.915. The monoisotopic (exact) mass is 296 g/mol. The SMILES string of the molecule is CC1CCCC(CNCc2ccc(Br)cn2)C1. The lowest BCUT2D eigenvalue weighted by Crippen LogP contribution is -2.26. The topological polar surface area (TPSA) is 24.9 Å². The number of rotatable bonds is 4. The summed E-state index contributed by atoms with van der Waals surface area (Å²) in [6.45, 7) is 4.41. The van der Waals surface area contributed by atoms with E-state index in [1.807, 2.05) is 12.3 Å². The highest BCUT2D eigenvalue weighted by atomic mass is 79.9. The van der Waals surface area contributed by atoms with Crippen LogP contribution in [-0.2, 0) is 6.54 Å². The molecule has 1 N–H and O–H groups in total. The first-order valence-corrected chi connectivity index (χ1v) is 7.34. The van der Waals surface area contributed by atoms with E-state index in [1.165, 1.54) is 25.7 Å². The fourth-order valence-electron chi connectivity index (χ4n) is 2.66. The van der Waals surface area contributed by atoms with Gasteiger partial charge in [-0.3, -0.25) is 4.98 Å². The largest absolute Gasteiger partial charge is 0.311 e. The van der Waals surface area contributed by atoms with Gasteiger partial charge in [-0.25, -0.2) is 0 Å². The predicted molar refractivity (Wildman–Crippen MR) is 74.8 cm³/mol. The zero-order valence-corrected chi connectivity index (χ0v) is 12.0. The van der Waals surface area contributed by atoms with Crippen LogP contribution in [-0.4, -0.2) is 11.5 Å².